The summed E-state index contributed by atoms with van der Waals surface area (Å²) < 4.78 is 15.3. The van der Waals surface area contributed by atoms with Gasteiger partial charge in [0.1, 0.15) is 5.82 Å². The maximum Gasteiger partial charge on any atom is 0.195 e. The van der Waals surface area contributed by atoms with Crippen LogP contribution in [0.2, 0.25) is 0 Å². The summed E-state index contributed by atoms with van der Waals surface area (Å²) in [7, 11) is 0. The van der Waals surface area contributed by atoms with Crippen LogP contribution in [0.25, 0.3) is 26.8 Å². The highest BCUT2D eigenvalue weighted by atomic mass is 32.1. The fourth-order valence-electron chi connectivity index (χ4n) is 2.85. The Balaban J connectivity index is 2.01. The molecule has 118 valence electrons. The van der Waals surface area contributed by atoms with Crippen LogP contribution in [0.5, 0.6) is 0 Å². The Bertz CT molecular complexity index is 1050. The third-order valence-corrected chi connectivity index (χ3v) is 5.69. The number of halogens is 1. The summed E-state index contributed by atoms with van der Waals surface area (Å²) in [6.07, 6.45) is 0.252. The highest BCUT2D eigenvalue weighted by Crippen LogP contribution is 2.38. The molecule has 0 bridgehead atoms. The lowest BCUT2D eigenvalue weighted by molar-refractivity contribution is 0.628. The second-order valence-electron chi connectivity index (χ2n) is 5.35. The van der Waals surface area contributed by atoms with Gasteiger partial charge >= 0.3 is 0 Å². The first-order chi connectivity index (χ1) is 11.7. The molecule has 6 heteroatoms. The smallest absolute Gasteiger partial charge is 0.195 e. The molecule has 0 amide bonds. The van der Waals surface area contributed by atoms with E-state index in [1.165, 1.54) is 17.0 Å². The van der Waals surface area contributed by atoms with E-state index in [0.29, 0.717) is 0 Å². The molecule has 0 unspecified atom stereocenters. The molecule has 24 heavy (non-hydrogen) atoms. The Kier molecular flexibility index (Phi) is 3.68. The van der Waals surface area contributed by atoms with Gasteiger partial charge in [-0.3, -0.25) is 4.40 Å². The monoisotopic (exact) mass is 353 g/mol. The molecule has 4 aromatic rings. The van der Waals surface area contributed by atoms with Gasteiger partial charge in [0, 0.05) is 10.4 Å². The van der Waals surface area contributed by atoms with Gasteiger partial charge in [-0.15, -0.1) is 22.7 Å². The zero-order chi connectivity index (χ0) is 16.7. The fourth-order valence-corrected chi connectivity index (χ4v) is 4.73. The van der Waals surface area contributed by atoms with Crippen LogP contribution in [0.3, 0.4) is 0 Å². The van der Waals surface area contributed by atoms with E-state index in [2.05, 4.69) is 23.5 Å². The standard InChI is InChI=1S/C18H12FN3S2/c1-11-17(15-3-2-10-23-15)22-14(8-9-20)16(21-18(22)24-11)12-4-6-13(19)7-5-12/h2-7,10H,8H2,1H3. The first-order valence-electron chi connectivity index (χ1n) is 7.36. The topological polar surface area (TPSA) is 41.1 Å². The highest BCUT2D eigenvalue weighted by Gasteiger charge is 2.21. The quantitative estimate of drug-likeness (QED) is 0.501. The van der Waals surface area contributed by atoms with Crippen LogP contribution in [-0.2, 0) is 6.42 Å². The summed E-state index contributed by atoms with van der Waals surface area (Å²) in [4.78, 5) is 7.92. The number of thiazole rings is 1. The van der Waals surface area contributed by atoms with Crippen LogP contribution in [-0.4, -0.2) is 9.38 Å². The van der Waals surface area contributed by atoms with Gasteiger partial charge in [-0.25, -0.2) is 9.37 Å². The molecule has 4 rings (SSSR count). The lowest BCUT2D eigenvalue weighted by atomic mass is 10.1. The van der Waals surface area contributed by atoms with Crippen molar-refractivity contribution in [2.45, 2.75) is 13.3 Å². The van der Waals surface area contributed by atoms with Crippen molar-refractivity contribution in [3.63, 3.8) is 0 Å². The number of hydrogen-bond donors (Lipinski definition) is 0. The number of aromatic nitrogens is 2. The maximum absolute atomic E-state index is 13.2. The van der Waals surface area contributed by atoms with Gasteiger partial charge < -0.3 is 0 Å². The second-order valence-corrected chi connectivity index (χ2v) is 7.48. The predicted molar refractivity (Wildman–Crippen MR) is 95.8 cm³/mol. The summed E-state index contributed by atoms with van der Waals surface area (Å²) in [5.74, 6) is -0.281. The predicted octanol–water partition coefficient (Wildman–Crippen LogP) is 5.30. The zero-order valence-electron chi connectivity index (χ0n) is 12.8. The molecule has 0 aliphatic carbocycles. The minimum absolute atomic E-state index is 0.252. The van der Waals surface area contributed by atoms with Crippen molar-refractivity contribution in [2.75, 3.05) is 0 Å². The molecule has 3 aromatic heterocycles. The third kappa shape index (κ3) is 2.33. The number of rotatable bonds is 3. The molecule has 0 saturated carbocycles. The van der Waals surface area contributed by atoms with E-state index in [-0.39, 0.29) is 12.2 Å². The first-order valence-corrected chi connectivity index (χ1v) is 9.06. The minimum atomic E-state index is -0.281. The Morgan fingerprint density at radius 2 is 2.04 bits per heavy atom. The van der Waals surface area contributed by atoms with Crippen LogP contribution in [0.15, 0.2) is 41.8 Å². The largest absolute Gasteiger partial charge is 0.284 e. The van der Waals surface area contributed by atoms with E-state index in [0.717, 1.165) is 32.5 Å². The van der Waals surface area contributed by atoms with Crippen LogP contribution < -0.4 is 0 Å². The Labute approximate surface area is 146 Å². The van der Waals surface area contributed by atoms with E-state index in [9.17, 15) is 9.65 Å². The molecule has 0 N–H and O–H groups in total. The molecule has 0 fully saturated rings. The van der Waals surface area contributed by atoms with Crippen LogP contribution in [0.4, 0.5) is 4.39 Å². The molecule has 0 atom stereocenters. The Morgan fingerprint density at radius 3 is 2.71 bits per heavy atom. The number of hydrogen-bond acceptors (Lipinski definition) is 4. The molecule has 1 aromatic carbocycles. The van der Waals surface area contributed by atoms with Gasteiger partial charge in [0.05, 0.1) is 34.4 Å². The van der Waals surface area contributed by atoms with Gasteiger partial charge in [-0.05, 0) is 42.6 Å². The van der Waals surface area contributed by atoms with Gasteiger partial charge in [-0.2, -0.15) is 5.26 Å². The molecule has 0 saturated heterocycles. The van der Waals surface area contributed by atoms with E-state index in [1.807, 2.05) is 11.4 Å². The summed E-state index contributed by atoms with van der Waals surface area (Å²) >= 11 is 3.28. The molecule has 3 nitrogen and oxygen atoms in total. The number of nitrogens with zero attached hydrogens (tertiary/aromatic N) is 3. The van der Waals surface area contributed by atoms with E-state index < -0.39 is 0 Å². The van der Waals surface area contributed by atoms with Crippen molar-refractivity contribution in [1.82, 2.24) is 9.38 Å². The van der Waals surface area contributed by atoms with Crippen LogP contribution >= 0.6 is 22.7 Å². The maximum atomic E-state index is 13.2. The summed E-state index contributed by atoms with van der Waals surface area (Å²) in [6.45, 7) is 2.07. The van der Waals surface area contributed by atoms with Crippen molar-refractivity contribution in [1.29, 1.82) is 5.26 Å². The number of benzene rings is 1. The molecule has 0 aliphatic rings. The van der Waals surface area contributed by atoms with Crippen molar-refractivity contribution >= 4 is 27.6 Å². The number of fused-ring (bicyclic) bond motifs is 1. The van der Waals surface area contributed by atoms with Gasteiger partial charge in [0.25, 0.3) is 0 Å². The molecular weight excluding hydrogens is 341 g/mol. The van der Waals surface area contributed by atoms with Crippen LogP contribution in [0, 0.1) is 24.1 Å². The summed E-state index contributed by atoms with van der Waals surface area (Å²) in [5.41, 5.74) is 3.52. The second kappa shape index (κ2) is 5.86. The first kappa shape index (κ1) is 15.1. The lowest BCUT2D eigenvalue weighted by Crippen LogP contribution is -1.95. The van der Waals surface area contributed by atoms with Gasteiger partial charge in [-0.1, -0.05) is 6.07 Å². The van der Waals surface area contributed by atoms with Crippen molar-refractivity contribution < 1.29 is 4.39 Å². The highest BCUT2D eigenvalue weighted by molar-refractivity contribution is 7.18. The molecule has 3 heterocycles. The number of thiophene rings is 1. The van der Waals surface area contributed by atoms with Crippen LogP contribution in [0.1, 0.15) is 10.6 Å². The normalized spacial score (nSPS) is 11.0. The number of imidazole rings is 1. The van der Waals surface area contributed by atoms with Crippen molar-refractivity contribution in [3.8, 4) is 27.9 Å². The molecule has 0 radical (unpaired) electrons. The molecule has 0 spiro atoms. The molecule has 0 aliphatic heterocycles. The number of aryl methyl sites for hydroxylation is 1. The van der Waals surface area contributed by atoms with E-state index in [4.69, 9.17) is 4.98 Å². The van der Waals surface area contributed by atoms with Crippen molar-refractivity contribution in [2.24, 2.45) is 0 Å². The Morgan fingerprint density at radius 1 is 1.25 bits per heavy atom. The average Bonchev–Trinajstić information content (AvgIpc) is 3.26. The fraction of sp³-hybridized carbons (Fsp3) is 0.111. The average molecular weight is 353 g/mol. The minimum Gasteiger partial charge on any atom is -0.284 e. The van der Waals surface area contributed by atoms with Gasteiger partial charge in [0.2, 0.25) is 0 Å². The van der Waals surface area contributed by atoms with E-state index in [1.54, 1.807) is 34.8 Å². The van der Waals surface area contributed by atoms with Gasteiger partial charge in [0.15, 0.2) is 4.96 Å². The summed E-state index contributed by atoms with van der Waals surface area (Å²) in [6, 6.07) is 12.6. The zero-order valence-corrected chi connectivity index (χ0v) is 14.4. The number of nitriles is 1. The Hall–Kier alpha value is -2.49. The lowest BCUT2D eigenvalue weighted by Gasteiger charge is -2.04. The molecular formula is C18H12FN3S2. The summed E-state index contributed by atoms with van der Waals surface area (Å²) in [5, 5.41) is 11.3. The third-order valence-electron chi connectivity index (χ3n) is 3.86. The van der Waals surface area contributed by atoms with E-state index >= 15 is 0 Å². The van der Waals surface area contributed by atoms with Crippen molar-refractivity contribution in [3.05, 3.63) is 58.2 Å². The SMILES string of the molecule is Cc1sc2nc(-c3ccc(F)cc3)c(CC#N)n2c1-c1cccs1.